The second-order valence-electron chi connectivity index (χ2n) is 4.71. The van der Waals surface area contributed by atoms with E-state index in [1.54, 1.807) is 24.9 Å². The van der Waals surface area contributed by atoms with Crippen LogP contribution in [0.2, 0.25) is 0 Å². The number of hydrogen-bond donors (Lipinski definition) is 1. The summed E-state index contributed by atoms with van der Waals surface area (Å²) >= 11 is 0. The van der Waals surface area contributed by atoms with Crippen LogP contribution in [0.25, 0.3) is 0 Å². The van der Waals surface area contributed by atoms with Gasteiger partial charge in [0.2, 0.25) is 6.79 Å². The van der Waals surface area contributed by atoms with Crippen molar-refractivity contribution in [1.29, 1.82) is 0 Å². The molecule has 1 aromatic rings. The minimum Gasteiger partial charge on any atom is -0.493 e. The number of likely N-dealkylation sites (N-methyl/N-ethyl adjacent to an activating group) is 1. The molecule has 0 fully saturated rings. The molecule has 2 rings (SSSR count). The van der Waals surface area contributed by atoms with Crippen LogP contribution in [0.1, 0.15) is 13.3 Å². The van der Waals surface area contributed by atoms with Gasteiger partial charge < -0.3 is 19.3 Å². The molecule has 6 heteroatoms. The summed E-state index contributed by atoms with van der Waals surface area (Å²) in [6.07, 6.45) is 0.753. The Morgan fingerprint density at radius 2 is 2.20 bits per heavy atom. The number of carbonyl (C=O) groups is 1. The third-order valence-corrected chi connectivity index (χ3v) is 3.29. The largest absolute Gasteiger partial charge is 0.493 e. The Labute approximate surface area is 117 Å². The first-order valence-corrected chi connectivity index (χ1v) is 6.53. The van der Waals surface area contributed by atoms with Gasteiger partial charge in [-0.05, 0) is 32.5 Å². The van der Waals surface area contributed by atoms with Gasteiger partial charge in [0.1, 0.15) is 11.8 Å². The van der Waals surface area contributed by atoms with Gasteiger partial charge in [-0.3, -0.25) is 9.69 Å². The van der Waals surface area contributed by atoms with Gasteiger partial charge >= 0.3 is 5.97 Å². The molecule has 0 aliphatic carbocycles. The molecule has 1 heterocycles. The summed E-state index contributed by atoms with van der Waals surface area (Å²) in [7, 11) is 1.79. The van der Waals surface area contributed by atoms with E-state index in [0.29, 0.717) is 18.9 Å². The molecular weight excluding hydrogens is 262 g/mol. The molecule has 6 nitrogen and oxygen atoms in total. The molecule has 1 aliphatic rings. The van der Waals surface area contributed by atoms with E-state index >= 15 is 0 Å². The van der Waals surface area contributed by atoms with Gasteiger partial charge in [-0.1, -0.05) is 0 Å². The maximum atomic E-state index is 10.8. The van der Waals surface area contributed by atoms with Gasteiger partial charge in [0.05, 0.1) is 6.61 Å². The molecule has 1 atom stereocenters. The fourth-order valence-electron chi connectivity index (χ4n) is 1.85. The van der Waals surface area contributed by atoms with Crippen molar-refractivity contribution in [3.8, 4) is 17.2 Å². The monoisotopic (exact) mass is 281 g/mol. The van der Waals surface area contributed by atoms with Crippen molar-refractivity contribution in [2.75, 3.05) is 27.0 Å². The topological polar surface area (TPSA) is 68.2 Å². The number of nitrogens with zero attached hydrogens (tertiary/aromatic N) is 1. The molecule has 0 saturated heterocycles. The van der Waals surface area contributed by atoms with Crippen LogP contribution in [0.4, 0.5) is 0 Å². The van der Waals surface area contributed by atoms with Crippen molar-refractivity contribution < 1.29 is 24.1 Å². The SMILES string of the molecule is CC(C(=O)O)N(C)CCCOc1ccc2c(c1)OCO2. The molecular formula is C14H19NO5. The molecule has 1 unspecified atom stereocenters. The van der Waals surface area contributed by atoms with Gasteiger partial charge in [-0.2, -0.15) is 0 Å². The van der Waals surface area contributed by atoms with Gasteiger partial charge in [0, 0.05) is 12.6 Å². The summed E-state index contributed by atoms with van der Waals surface area (Å²) in [5, 5.41) is 8.88. The first-order valence-electron chi connectivity index (χ1n) is 6.53. The molecule has 1 aromatic carbocycles. The third kappa shape index (κ3) is 3.54. The van der Waals surface area contributed by atoms with E-state index in [4.69, 9.17) is 19.3 Å². The maximum absolute atomic E-state index is 10.8. The van der Waals surface area contributed by atoms with E-state index in [1.165, 1.54) is 0 Å². The summed E-state index contributed by atoms with van der Waals surface area (Å²) < 4.78 is 16.1. The molecule has 0 amide bonds. The number of rotatable bonds is 7. The van der Waals surface area contributed by atoms with Gasteiger partial charge in [-0.25, -0.2) is 0 Å². The first-order chi connectivity index (χ1) is 9.58. The molecule has 0 saturated carbocycles. The lowest BCUT2D eigenvalue weighted by molar-refractivity contribution is -0.142. The second-order valence-corrected chi connectivity index (χ2v) is 4.71. The number of ether oxygens (including phenoxy) is 3. The van der Waals surface area contributed by atoms with Crippen LogP contribution in [0, 0.1) is 0 Å². The van der Waals surface area contributed by atoms with Crippen LogP contribution in [-0.2, 0) is 4.79 Å². The quantitative estimate of drug-likeness (QED) is 0.765. The highest BCUT2D eigenvalue weighted by Crippen LogP contribution is 2.35. The van der Waals surface area contributed by atoms with E-state index in [9.17, 15) is 4.79 Å². The van der Waals surface area contributed by atoms with Crippen molar-refractivity contribution in [2.45, 2.75) is 19.4 Å². The van der Waals surface area contributed by atoms with Crippen LogP contribution in [0.15, 0.2) is 18.2 Å². The molecule has 0 bridgehead atoms. The third-order valence-electron chi connectivity index (χ3n) is 3.29. The second kappa shape index (κ2) is 6.47. The predicted octanol–water partition coefficient (Wildman–Crippen LogP) is 1.59. The Bertz CT molecular complexity index is 477. The van der Waals surface area contributed by atoms with E-state index in [-0.39, 0.29) is 6.79 Å². The predicted molar refractivity (Wildman–Crippen MR) is 72.4 cm³/mol. The molecule has 0 aromatic heterocycles. The normalized spacial score (nSPS) is 14.3. The van der Waals surface area contributed by atoms with Crippen molar-refractivity contribution in [3.05, 3.63) is 18.2 Å². The lowest BCUT2D eigenvalue weighted by Gasteiger charge is -2.20. The number of carboxylic acid groups (broad SMARTS) is 1. The van der Waals surface area contributed by atoms with Crippen molar-refractivity contribution in [3.63, 3.8) is 0 Å². The van der Waals surface area contributed by atoms with E-state index in [0.717, 1.165) is 17.9 Å². The molecule has 110 valence electrons. The highest BCUT2D eigenvalue weighted by molar-refractivity contribution is 5.72. The van der Waals surface area contributed by atoms with Crippen LogP contribution in [0.5, 0.6) is 17.2 Å². The number of carboxylic acids is 1. The molecule has 20 heavy (non-hydrogen) atoms. The van der Waals surface area contributed by atoms with E-state index in [2.05, 4.69) is 0 Å². The van der Waals surface area contributed by atoms with Crippen molar-refractivity contribution in [1.82, 2.24) is 4.90 Å². The Kier molecular flexibility index (Phi) is 4.68. The minimum absolute atomic E-state index is 0.247. The number of benzene rings is 1. The van der Waals surface area contributed by atoms with Gasteiger partial charge in [-0.15, -0.1) is 0 Å². The van der Waals surface area contributed by atoms with Crippen molar-refractivity contribution >= 4 is 5.97 Å². The van der Waals surface area contributed by atoms with Gasteiger partial charge in [0.25, 0.3) is 0 Å². The Morgan fingerprint density at radius 1 is 1.45 bits per heavy atom. The van der Waals surface area contributed by atoms with Crippen LogP contribution < -0.4 is 14.2 Å². The summed E-state index contributed by atoms with van der Waals surface area (Å²) in [4.78, 5) is 12.6. The fraction of sp³-hybridized carbons (Fsp3) is 0.500. The van der Waals surface area contributed by atoms with Crippen LogP contribution in [0.3, 0.4) is 0 Å². The van der Waals surface area contributed by atoms with Crippen LogP contribution >= 0.6 is 0 Å². The molecule has 1 aliphatic heterocycles. The lowest BCUT2D eigenvalue weighted by atomic mass is 10.3. The average Bonchev–Trinajstić information content (AvgIpc) is 2.89. The van der Waals surface area contributed by atoms with E-state index < -0.39 is 12.0 Å². The highest BCUT2D eigenvalue weighted by atomic mass is 16.7. The maximum Gasteiger partial charge on any atom is 0.320 e. The number of aliphatic carboxylic acids is 1. The first kappa shape index (κ1) is 14.5. The summed E-state index contributed by atoms with van der Waals surface area (Å²) in [6, 6.07) is 4.96. The van der Waals surface area contributed by atoms with Crippen molar-refractivity contribution in [2.24, 2.45) is 0 Å². The summed E-state index contributed by atoms with van der Waals surface area (Å²) in [5.74, 6) is 1.33. The summed E-state index contributed by atoms with van der Waals surface area (Å²) in [5.41, 5.74) is 0. The molecule has 0 spiro atoms. The number of fused-ring (bicyclic) bond motifs is 1. The standard InChI is InChI=1S/C14H19NO5/c1-10(14(16)17)15(2)6-3-7-18-11-4-5-12-13(8-11)20-9-19-12/h4-5,8,10H,3,6-7,9H2,1-2H3,(H,16,17). The zero-order valence-electron chi connectivity index (χ0n) is 11.7. The van der Waals surface area contributed by atoms with Gasteiger partial charge in [0.15, 0.2) is 11.5 Å². The smallest absolute Gasteiger partial charge is 0.320 e. The Hall–Kier alpha value is -1.95. The molecule has 1 N–H and O–H groups in total. The summed E-state index contributed by atoms with van der Waals surface area (Å²) in [6.45, 7) is 3.10. The Balaban J connectivity index is 1.72. The lowest BCUT2D eigenvalue weighted by Crippen LogP contribution is -2.36. The fourth-order valence-corrected chi connectivity index (χ4v) is 1.85. The zero-order chi connectivity index (χ0) is 14.5. The zero-order valence-corrected chi connectivity index (χ0v) is 11.7. The highest BCUT2D eigenvalue weighted by Gasteiger charge is 2.16. The van der Waals surface area contributed by atoms with Crippen LogP contribution in [-0.4, -0.2) is 49.0 Å². The Morgan fingerprint density at radius 3 is 2.95 bits per heavy atom. The van der Waals surface area contributed by atoms with E-state index in [1.807, 2.05) is 12.1 Å². The minimum atomic E-state index is -0.816. The average molecular weight is 281 g/mol. The molecule has 0 radical (unpaired) electrons. The number of hydrogen-bond acceptors (Lipinski definition) is 5.